The second-order valence-electron chi connectivity index (χ2n) is 13.0. The molecule has 48 heavy (non-hydrogen) atoms. The van der Waals surface area contributed by atoms with Gasteiger partial charge in [0.15, 0.2) is 0 Å². The summed E-state index contributed by atoms with van der Waals surface area (Å²) in [6.45, 7) is 13.9. The highest BCUT2D eigenvalue weighted by atomic mass is 16.5. The second-order valence-corrected chi connectivity index (χ2v) is 13.0. The van der Waals surface area contributed by atoms with Crippen molar-refractivity contribution >= 4 is 29.3 Å². The molecule has 1 atom stereocenters. The van der Waals surface area contributed by atoms with Crippen molar-refractivity contribution in [2.75, 3.05) is 99.6 Å². The van der Waals surface area contributed by atoms with Gasteiger partial charge in [0, 0.05) is 87.9 Å². The van der Waals surface area contributed by atoms with E-state index in [9.17, 15) is 10.1 Å². The zero-order chi connectivity index (χ0) is 33.9. The van der Waals surface area contributed by atoms with E-state index in [4.69, 9.17) is 14.7 Å². The Balaban J connectivity index is 1.03. The molecule has 3 heterocycles. The first-order valence-corrected chi connectivity index (χ1v) is 17.3. The number of piperazine rings is 1. The predicted octanol–water partition coefficient (Wildman–Crippen LogP) is 4.43. The minimum Gasteiger partial charge on any atom is -0.495 e. The van der Waals surface area contributed by atoms with Gasteiger partial charge in [-0.15, -0.1) is 0 Å². The van der Waals surface area contributed by atoms with Crippen molar-refractivity contribution in [3.63, 3.8) is 0 Å². The van der Waals surface area contributed by atoms with E-state index in [0.717, 1.165) is 99.6 Å². The number of aromatic nitrogens is 2. The van der Waals surface area contributed by atoms with Crippen molar-refractivity contribution in [2.45, 2.75) is 39.2 Å². The molecule has 0 aliphatic carbocycles. The molecule has 2 aliphatic rings. The highest BCUT2D eigenvalue weighted by Crippen LogP contribution is 2.27. The number of carbonyl (C=O) groups is 1. The number of rotatable bonds is 15. The van der Waals surface area contributed by atoms with Crippen LogP contribution in [0, 0.1) is 24.2 Å². The molecule has 3 aromatic rings. The van der Waals surface area contributed by atoms with Crippen LogP contribution in [0.2, 0.25) is 0 Å². The number of ether oxygens (including phenoxy) is 1. The summed E-state index contributed by atoms with van der Waals surface area (Å²) in [5.41, 5.74) is 5.49. The first-order chi connectivity index (χ1) is 23.4. The fourth-order valence-electron chi connectivity index (χ4n) is 6.86. The summed E-state index contributed by atoms with van der Waals surface area (Å²) in [4.78, 5) is 30.2. The molecule has 5 rings (SSSR count). The number of nitrogens with one attached hydrogen (secondary N) is 2. The van der Waals surface area contributed by atoms with Crippen LogP contribution < -0.4 is 30.1 Å². The maximum absolute atomic E-state index is 11.2. The third-order valence-corrected chi connectivity index (χ3v) is 9.86. The van der Waals surface area contributed by atoms with Crippen molar-refractivity contribution in [3.8, 4) is 11.8 Å². The van der Waals surface area contributed by atoms with Gasteiger partial charge in [-0.25, -0.2) is 9.97 Å². The summed E-state index contributed by atoms with van der Waals surface area (Å²) in [5.74, 6) is 2.13. The third kappa shape index (κ3) is 8.94. The molecule has 0 saturated carbocycles. The lowest BCUT2D eigenvalue weighted by Crippen LogP contribution is -2.47. The molecule has 0 bridgehead atoms. The molecule has 0 amide bonds. The number of hydrogen-bond donors (Lipinski definition) is 2. The summed E-state index contributed by atoms with van der Waals surface area (Å²) in [7, 11) is 3.55. The summed E-state index contributed by atoms with van der Waals surface area (Å²) in [5, 5.41) is 16.1. The van der Waals surface area contributed by atoms with Crippen LogP contribution >= 0.6 is 0 Å². The SMILES string of the molecule is CNCC(C)N(CCNc1cnc(N2CCC(CCN3CCN(c4ccc(C=O)c(C)c4)CC3)CC2)nc1)c1ccc(C#N)c(OC)c1. The predicted molar refractivity (Wildman–Crippen MR) is 194 cm³/mol. The highest BCUT2D eigenvalue weighted by Gasteiger charge is 2.23. The number of hydrogen-bond acceptors (Lipinski definition) is 11. The number of carbonyl (C=O) groups excluding carboxylic acids is 1. The van der Waals surface area contributed by atoms with Gasteiger partial charge in [-0.2, -0.15) is 5.26 Å². The van der Waals surface area contributed by atoms with Crippen molar-refractivity contribution in [2.24, 2.45) is 5.92 Å². The lowest BCUT2D eigenvalue weighted by molar-refractivity contribution is 0.112. The summed E-state index contributed by atoms with van der Waals surface area (Å²) in [6.07, 6.45) is 8.30. The Labute approximate surface area is 285 Å². The minimum absolute atomic E-state index is 0.241. The molecule has 2 aromatic carbocycles. The number of piperidine rings is 1. The number of aryl methyl sites for hydroxylation is 1. The Morgan fingerprint density at radius 1 is 1.06 bits per heavy atom. The molecule has 11 heteroatoms. The molecule has 2 fully saturated rings. The molecule has 256 valence electrons. The van der Waals surface area contributed by atoms with Gasteiger partial charge in [0.1, 0.15) is 18.1 Å². The normalized spacial score (nSPS) is 16.3. The molecular formula is C37H51N9O2. The molecule has 0 spiro atoms. The summed E-state index contributed by atoms with van der Waals surface area (Å²) < 4.78 is 5.46. The van der Waals surface area contributed by atoms with Gasteiger partial charge < -0.3 is 30.1 Å². The van der Waals surface area contributed by atoms with Crippen LogP contribution in [0.15, 0.2) is 48.8 Å². The van der Waals surface area contributed by atoms with Gasteiger partial charge in [0.25, 0.3) is 0 Å². The number of nitrogens with zero attached hydrogens (tertiary/aromatic N) is 7. The maximum atomic E-state index is 11.2. The lowest BCUT2D eigenvalue weighted by atomic mass is 9.93. The third-order valence-electron chi connectivity index (χ3n) is 9.86. The fraction of sp³-hybridized carbons (Fsp3) is 0.514. The van der Waals surface area contributed by atoms with E-state index in [1.165, 1.54) is 24.9 Å². The topological polar surface area (TPSA) is 113 Å². The lowest BCUT2D eigenvalue weighted by Gasteiger charge is -2.38. The highest BCUT2D eigenvalue weighted by molar-refractivity contribution is 5.78. The number of aldehydes is 1. The fourth-order valence-corrected chi connectivity index (χ4v) is 6.86. The average molecular weight is 654 g/mol. The number of anilines is 4. The average Bonchev–Trinajstić information content (AvgIpc) is 3.13. The molecule has 2 aliphatic heterocycles. The maximum Gasteiger partial charge on any atom is 0.225 e. The van der Waals surface area contributed by atoms with E-state index in [2.05, 4.69) is 55.4 Å². The van der Waals surface area contributed by atoms with E-state index >= 15 is 0 Å². The molecule has 1 aromatic heterocycles. The van der Waals surface area contributed by atoms with Crippen LogP contribution in [0.3, 0.4) is 0 Å². The van der Waals surface area contributed by atoms with Gasteiger partial charge in [-0.05, 0) is 88.5 Å². The molecule has 0 radical (unpaired) electrons. The zero-order valence-corrected chi connectivity index (χ0v) is 29.0. The number of benzene rings is 2. The Morgan fingerprint density at radius 3 is 2.46 bits per heavy atom. The van der Waals surface area contributed by atoms with Gasteiger partial charge in [-0.3, -0.25) is 9.69 Å². The Kier molecular flexibility index (Phi) is 12.5. The van der Waals surface area contributed by atoms with Crippen LogP contribution in [-0.4, -0.2) is 107 Å². The molecule has 2 N–H and O–H groups in total. The van der Waals surface area contributed by atoms with Gasteiger partial charge in [0.05, 0.1) is 30.8 Å². The quantitative estimate of drug-likeness (QED) is 0.227. The van der Waals surface area contributed by atoms with E-state index in [0.29, 0.717) is 17.9 Å². The Hall–Kier alpha value is -4.40. The van der Waals surface area contributed by atoms with Crippen LogP contribution in [0.4, 0.5) is 23.0 Å². The monoisotopic (exact) mass is 653 g/mol. The van der Waals surface area contributed by atoms with Gasteiger partial charge in [0.2, 0.25) is 5.95 Å². The molecule has 2 saturated heterocycles. The number of methoxy groups -OCH3 is 1. The van der Waals surface area contributed by atoms with Crippen molar-refractivity contribution in [1.29, 1.82) is 5.26 Å². The van der Waals surface area contributed by atoms with Crippen molar-refractivity contribution in [3.05, 3.63) is 65.5 Å². The summed E-state index contributed by atoms with van der Waals surface area (Å²) in [6, 6.07) is 14.3. The van der Waals surface area contributed by atoms with Gasteiger partial charge in [-0.1, -0.05) is 0 Å². The van der Waals surface area contributed by atoms with E-state index < -0.39 is 0 Å². The van der Waals surface area contributed by atoms with E-state index in [1.807, 2.05) is 50.6 Å². The largest absolute Gasteiger partial charge is 0.495 e. The first kappa shape index (κ1) is 34.9. The van der Waals surface area contributed by atoms with E-state index in [-0.39, 0.29) is 6.04 Å². The van der Waals surface area contributed by atoms with Crippen LogP contribution in [0.25, 0.3) is 0 Å². The Morgan fingerprint density at radius 2 is 1.81 bits per heavy atom. The van der Waals surface area contributed by atoms with Crippen LogP contribution in [0.1, 0.15) is 47.7 Å². The van der Waals surface area contributed by atoms with E-state index in [1.54, 1.807) is 7.11 Å². The minimum atomic E-state index is 0.241. The van der Waals surface area contributed by atoms with Crippen LogP contribution in [-0.2, 0) is 0 Å². The standard InChI is InChI=1S/C37H51N9O2/c1-28-21-34(7-6-32(28)27-47)44-19-17-43(18-20-44)13-9-30-10-14-45(15-11-30)37-41-25-33(26-42-37)40-12-16-46(29(2)24-39-3)35-8-5-31(23-38)36(22-35)48-4/h5-8,21-22,25-27,29-30,39-40H,9-20,24H2,1-4H3. The first-order valence-electron chi connectivity index (χ1n) is 17.3. The molecular weight excluding hydrogens is 602 g/mol. The zero-order valence-electron chi connectivity index (χ0n) is 29.0. The van der Waals surface area contributed by atoms with Gasteiger partial charge >= 0.3 is 0 Å². The smallest absolute Gasteiger partial charge is 0.225 e. The van der Waals surface area contributed by atoms with Crippen molar-refractivity contribution < 1.29 is 9.53 Å². The van der Waals surface area contributed by atoms with Crippen molar-refractivity contribution in [1.82, 2.24) is 20.2 Å². The molecule has 1 unspecified atom stereocenters. The second kappa shape index (κ2) is 17.1. The number of nitriles is 1. The summed E-state index contributed by atoms with van der Waals surface area (Å²) >= 11 is 0. The van der Waals surface area contributed by atoms with Crippen LogP contribution in [0.5, 0.6) is 5.75 Å². The molecule has 11 nitrogen and oxygen atoms in total. The Bertz CT molecular complexity index is 1510. The number of likely N-dealkylation sites (N-methyl/N-ethyl adjacent to an activating group) is 1.